The average molecular weight is 521 g/mol. The first-order chi connectivity index (χ1) is 17.6. The van der Waals surface area contributed by atoms with Gasteiger partial charge in [-0.15, -0.1) is 0 Å². The van der Waals surface area contributed by atoms with E-state index in [0.29, 0.717) is 21.6 Å². The SMILES string of the molecule is CC(C)(C)CS(=O)(=O)c1cc(N2CCC3(CC2)CC3)c2c(Nc3cccc4c3CCCO4)ncnc2c1. The standard InChI is InChI=1S/C29H36N4O3S/c1-28(2,3)18-37(34,35)20-16-23-26(24(17-20)33-13-11-29(9-10-29)12-14-33)27(31-19-30-23)32-22-7-4-8-25-21(22)6-5-15-36-25/h4,7-8,16-17,19H,5-6,9-15,18H2,1-3H3,(H,30,31,32). The molecular weight excluding hydrogens is 484 g/mol. The maximum absolute atomic E-state index is 13.5. The van der Waals surface area contributed by atoms with E-state index in [1.54, 1.807) is 6.07 Å². The number of piperidine rings is 1. The molecule has 8 heteroatoms. The van der Waals surface area contributed by atoms with Crippen molar-refractivity contribution in [3.63, 3.8) is 0 Å². The van der Waals surface area contributed by atoms with E-state index in [2.05, 4.69) is 26.3 Å². The molecule has 1 spiro atoms. The summed E-state index contributed by atoms with van der Waals surface area (Å²) in [5, 5.41) is 4.45. The number of fused-ring (bicyclic) bond motifs is 2. The van der Waals surface area contributed by atoms with Crippen molar-refractivity contribution in [1.29, 1.82) is 0 Å². The van der Waals surface area contributed by atoms with Gasteiger partial charge in [-0.2, -0.15) is 0 Å². The van der Waals surface area contributed by atoms with Crippen LogP contribution in [0, 0.1) is 10.8 Å². The molecule has 1 aromatic heterocycles. The molecular formula is C29H36N4O3S. The van der Waals surface area contributed by atoms with Gasteiger partial charge in [-0.25, -0.2) is 18.4 Å². The summed E-state index contributed by atoms with van der Waals surface area (Å²) in [7, 11) is -3.49. The van der Waals surface area contributed by atoms with Crippen LogP contribution in [0.4, 0.5) is 17.2 Å². The molecule has 6 rings (SSSR count). The number of sulfone groups is 1. The van der Waals surface area contributed by atoms with E-state index in [9.17, 15) is 8.42 Å². The molecule has 1 saturated carbocycles. The summed E-state index contributed by atoms with van der Waals surface area (Å²) < 4.78 is 32.8. The Hall–Kier alpha value is -2.87. The van der Waals surface area contributed by atoms with Crippen LogP contribution in [0.1, 0.15) is 58.4 Å². The third-order valence-corrected chi connectivity index (χ3v) is 10.2. The van der Waals surface area contributed by atoms with Crippen molar-refractivity contribution in [2.24, 2.45) is 10.8 Å². The fraction of sp³-hybridized carbons (Fsp3) is 0.517. The van der Waals surface area contributed by atoms with Crippen molar-refractivity contribution in [2.45, 2.75) is 64.2 Å². The van der Waals surface area contributed by atoms with Crippen LogP contribution < -0.4 is 15.0 Å². The van der Waals surface area contributed by atoms with Crippen LogP contribution in [-0.2, 0) is 16.3 Å². The van der Waals surface area contributed by atoms with Crippen molar-refractivity contribution in [2.75, 3.05) is 35.7 Å². The van der Waals surface area contributed by atoms with Crippen molar-refractivity contribution < 1.29 is 13.2 Å². The number of ether oxygens (including phenoxy) is 1. The van der Waals surface area contributed by atoms with E-state index in [1.807, 2.05) is 39.0 Å². The number of nitrogens with zero attached hydrogens (tertiary/aromatic N) is 3. The van der Waals surface area contributed by atoms with E-state index in [4.69, 9.17) is 4.74 Å². The Morgan fingerprint density at radius 1 is 1.08 bits per heavy atom. The molecule has 196 valence electrons. The van der Waals surface area contributed by atoms with Crippen molar-refractivity contribution >= 4 is 37.9 Å². The van der Waals surface area contributed by atoms with Crippen LogP contribution in [0.2, 0.25) is 0 Å². The smallest absolute Gasteiger partial charge is 0.179 e. The monoisotopic (exact) mass is 520 g/mol. The minimum Gasteiger partial charge on any atom is -0.493 e. The summed E-state index contributed by atoms with van der Waals surface area (Å²) in [4.78, 5) is 11.9. The largest absolute Gasteiger partial charge is 0.493 e. The lowest BCUT2D eigenvalue weighted by Crippen LogP contribution is -2.34. The molecule has 2 aliphatic heterocycles. The van der Waals surface area contributed by atoms with Crippen LogP contribution in [0.3, 0.4) is 0 Å². The first-order valence-electron chi connectivity index (χ1n) is 13.4. The Balaban J connectivity index is 1.47. The molecule has 1 saturated heterocycles. The van der Waals surface area contributed by atoms with Crippen molar-refractivity contribution in [1.82, 2.24) is 9.97 Å². The second kappa shape index (κ2) is 8.86. The first-order valence-corrected chi connectivity index (χ1v) is 15.1. The Labute approximate surface area is 219 Å². The maximum Gasteiger partial charge on any atom is 0.179 e. The fourth-order valence-corrected chi connectivity index (χ4v) is 7.74. The lowest BCUT2D eigenvalue weighted by Gasteiger charge is -2.35. The van der Waals surface area contributed by atoms with Gasteiger partial charge in [0.25, 0.3) is 0 Å². The third-order valence-electron chi connectivity index (χ3n) is 8.01. The predicted octanol–water partition coefficient (Wildman–Crippen LogP) is 5.90. The highest BCUT2D eigenvalue weighted by molar-refractivity contribution is 7.91. The number of anilines is 3. The van der Waals surface area contributed by atoms with Gasteiger partial charge in [0.2, 0.25) is 0 Å². The van der Waals surface area contributed by atoms with E-state index < -0.39 is 9.84 Å². The Morgan fingerprint density at radius 2 is 1.86 bits per heavy atom. The molecule has 1 N–H and O–H groups in total. The quantitative estimate of drug-likeness (QED) is 0.448. The number of hydrogen-bond donors (Lipinski definition) is 1. The van der Waals surface area contributed by atoms with E-state index in [-0.39, 0.29) is 11.2 Å². The van der Waals surface area contributed by atoms with E-state index >= 15 is 0 Å². The molecule has 2 aromatic carbocycles. The molecule has 2 fully saturated rings. The number of benzene rings is 2. The van der Waals surface area contributed by atoms with Gasteiger partial charge in [-0.1, -0.05) is 26.8 Å². The summed E-state index contributed by atoms with van der Waals surface area (Å²) in [6.45, 7) is 8.45. The lowest BCUT2D eigenvalue weighted by molar-refractivity contribution is 0.289. The second-order valence-electron chi connectivity index (χ2n) is 12.2. The molecule has 3 heterocycles. The minimum absolute atomic E-state index is 0.0837. The van der Waals surface area contributed by atoms with Gasteiger partial charge in [0.05, 0.1) is 33.8 Å². The van der Waals surface area contributed by atoms with E-state index in [1.165, 1.54) is 19.2 Å². The van der Waals surface area contributed by atoms with Gasteiger partial charge in [0, 0.05) is 24.3 Å². The highest BCUT2D eigenvalue weighted by atomic mass is 32.2. The highest BCUT2D eigenvalue weighted by Gasteiger charge is 2.44. The summed E-state index contributed by atoms with van der Waals surface area (Å²) >= 11 is 0. The lowest BCUT2D eigenvalue weighted by atomic mass is 9.93. The molecule has 0 amide bonds. The number of rotatable bonds is 5. The summed E-state index contributed by atoms with van der Waals surface area (Å²) in [5.41, 5.74) is 3.86. The molecule has 3 aromatic rings. The zero-order valence-electron chi connectivity index (χ0n) is 22.0. The first kappa shape index (κ1) is 24.5. The van der Waals surface area contributed by atoms with Gasteiger partial charge < -0.3 is 15.0 Å². The van der Waals surface area contributed by atoms with Gasteiger partial charge in [-0.3, -0.25) is 0 Å². The molecule has 37 heavy (non-hydrogen) atoms. The second-order valence-corrected chi connectivity index (χ2v) is 14.2. The summed E-state index contributed by atoms with van der Waals surface area (Å²) in [6, 6.07) is 9.65. The summed E-state index contributed by atoms with van der Waals surface area (Å²) in [6.07, 6.45) is 8.37. The highest BCUT2D eigenvalue weighted by Crippen LogP contribution is 2.54. The normalized spacial score (nSPS) is 18.9. The van der Waals surface area contributed by atoms with Crippen molar-refractivity contribution in [3.05, 3.63) is 42.2 Å². The van der Waals surface area contributed by atoms with Crippen LogP contribution in [0.15, 0.2) is 41.6 Å². The Bertz CT molecular complexity index is 1450. The fourth-order valence-electron chi connectivity index (χ4n) is 5.85. The molecule has 0 bridgehead atoms. The van der Waals surface area contributed by atoms with Crippen LogP contribution in [-0.4, -0.2) is 43.8 Å². The molecule has 1 aliphatic carbocycles. The van der Waals surface area contributed by atoms with Crippen LogP contribution in [0.25, 0.3) is 10.9 Å². The zero-order chi connectivity index (χ0) is 25.8. The average Bonchev–Trinajstić information content (AvgIpc) is 3.61. The van der Waals surface area contributed by atoms with Gasteiger partial charge in [-0.05, 0) is 73.6 Å². The van der Waals surface area contributed by atoms with Crippen molar-refractivity contribution in [3.8, 4) is 5.75 Å². The molecule has 3 aliphatic rings. The molecule has 0 unspecified atom stereocenters. The van der Waals surface area contributed by atoms with Gasteiger partial charge in [0.1, 0.15) is 17.9 Å². The van der Waals surface area contributed by atoms with Gasteiger partial charge in [0.15, 0.2) is 9.84 Å². The maximum atomic E-state index is 13.5. The molecule has 7 nitrogen and oxygen atoms in total. The molecule has 0 atom stereocenters. The number of hydrogen-bond acceptors (Lipinski definition) is 7. The topological polar surface area (TPSA) is 84.4 Å². The molecule has 0 radical (unpaired) electrons. The van der Waals surface area contributed by atoms with Crippen LogP contribution in [0.5, 0.6) is 5.75 Å². The van der Waals surface area contributed by atoms with Crippen LogP contribution >= 0.6 is 0 Å². The predicted molar refractivity (Wildman–Crippen MR) is 148 cm³/mol. The Kier molecular flexibility index (Phi) is 5.86. The Morgan fingerprint density at radius 3 is 2.59 bits per heavy atom. The van der Waals surface area contributed by atoms with Gasteiger partial charge >= 0.3 is 0 Å². The summed E-state index contributed by atoms with van der Waals surface area (Å²) in [5.74, 6) is 1.70. The zero-order valence-corrected chi connectivity index (χ0v) is 22.8. The third kappa shape index (κ3) is 4.88. The number of nitrogens with one attached hydrogen (secondary N) is 1. The van der Waals surface area contributed by atoms with E-state index in [0.717, 1.165) is 73.5 Å². The number of aromatic nitrogens is 2. The minimum atomic E-state index is -3.49.